The third-order valence-corrected chi connectivity index (χ3v) is 4.16. The fourth-order valence-corrected chi connectivity index (χ4v) is 1.82. The Kier molecular flexibility index (Phi) is 5.11. The van der Waals surface area contributed by atoms with Crippen LogP contribution in [-0.4, -0.2) is 38.5 Å². The first-order valence-electron chi connectivity index (χ1n) is 1.92. The molecule has 0 atom stereocenters. The summed E-state index contributed by atoms with van der Waals surface area (Å²) in [6, 6.07) is 0. The van der Waals surface area contributed by atoms with Crippen molar-refractivity contribution in [3.63, 3.8) is 0 Å². The van der Waals surface area contributed by atoms with Crippen LogP contribution in [0.2, 0.25) is 0 Å². The molecule has 5 heteroatoms. The fraction of sp³-hybridized carbons (Fsp3) is 1.00. The van der Waals surface area contributed by atoms with Gasteiger partial charge in [-0.3, -0.25) is 0 Å². The number of hydrogen-bond acceptors (Lipinski definition) is 2. The summed E-state index contributed by atoms with van der Waals surface area (Å²) < 4.78 is 4.81. The summed E-state index contributed by atoms with van der Waals surface area (Å²) in [7, 11) is 2.10. The van der Waals surface area contributed by atoms with Crippen LogP contribution in [0.1, 0.15) is 6.92 Å². The van der Waals surface area contributed by atoms with Crippen LogP contribution in [0.3, 0.4) is 0 Å². The van der Waals surface area contributed by atoms with Gasteiger partial charge in [0.15, 0.2) is 0 Å². The molecule has 0 spiro atoms. The molecule has 7 heavy (non-hydrogen) atoms. The number of hydrogen-bond donors (Lipinski definition) is 1. The van der Waals surface area contributed by atoms with E-state index in [1.165, 1.54) is 0 Å². The molecule has 0 rings (SSSR count). The molecule has 0 aliphatic heterocycles. The minimum atomic E-state index is -1.44. The summed E-state index contributed by atoms with van der Waals surface area (Å²) in [6.45, 7) is 2.48. The van der Waals surface area contributed by atoms with Gasteiger partial charge >= 0.3 is 8.80 Å². The second-order valence-corrected chi connectivity index (χ2v) is 6.30. The van der Waals surface area contributed by atoms with Gasteiger partial charge in [-0.2, -0.15) is 0 Å². The second kappa shape index (κ2) is 4.72. The summed E-state index contributed by atoms with van der Waals surface area (Å²) in [4.78, 5) is 8.70. The van der Waals surface area contributed by atoms with E-state index in [4.69, 9.17) is 9.22 Å². The normalized spacial score (nSPS) is 10.3. The highest BCUT2D eigenvalue weighted by molar-refractivity contribution is 7.26. The Balaban J connectivity index is 2.83. The molecule has 1 N–H and O–H groups in total. The first-order valence-corrected chi connectivity index (χ1v) is 6.78. The van der Waals surface area contributed by atoms with Gasteiger partial charge in [-0.15, -0.1) is 0 Å². The van der Waals surface area contributed by atoms with E-state index < -0.39 is 8.80 Å². The molecule has 2 nitrogen and oxygen atoms in total. The van der Waals surface area contributed by atoms with Crippen molar-refractivity contribution in [3.05, 3.63) is 0 Å². The summed E-state index contributed by atoms with van der Waals surface area (Å²) in [6.07, 6.45) is 0. The van der Waals surface area contributed by atoms with Crippen LogP contribution in [0.5, 0.6) is 0 Å². The van der Waals surface area contributed by atoms with E-state index in [2.05, 4.69) is 9.76 Å². The van der Waals surface area contributed by atoms with E-state index in [0.717, 1.165) is 0 Å². The maximum Gasteiger partial charge on any atom is 0.345 e. The first-order chi connectivity index (χ1) is 3.31. The van der Waals surface area contributed by atoms with Gasteiger partial charge < -0.3 is 9.22 Å². The molecular formula is C2H6O2Si3. The van der Waals surface area contributed by atoms with E-state index in [-0.39, 0.29) is 0 Å². The van der Waals surface area contributed by atoms with E-state index >= 15 is 0 Å². The van der Waals surface area contributed by atoms with Gasteiger partial charge in [-0.05, 0) is 6.92 Å². The molecule has 6 radical (unpaired) electrons. The molecule has 0 aromatic rings. The van der Waals surface area contributed by atoms with Crippen LogP contribution in [0.25, 0.3) is 0 Å². The van der Waals surface area contributed by atoms with Crippen LogP contribution >= 0.6 is 0 Å². The lowest BCUT2D eigenvalue weighted by molar-refractivity contribution is 0.293. The lowest BCUT2D eigenvalue weighted by atomic mass is 10.9. The third kappa shape index (κ3) is 4.42. The van der Waals surface area contributed by atoms with Crippen LogP contribution in [0.15, 0.2) is 0 Å². The molecule has 0 aliphatic carbocycles. The monoisotopic (exact) mass is 146 g/mol. The maximum absolute atomic E-state index is 8.70. The Morgan fingerprint density at radius 3 is 2.71 bits per heavy atom. The molecular weight excluding hydrogens is 140 g/mol. The Labute approximate surface area is 50.6 Å². The van der Waals surface area contributed by atoms with E-state index in [0.29, 0.717) is 15.2 Å². The Morgan fingerprint density at radius 1 is 2.00 bits per heavy atom. The lowest BCUT2D eigenvalue weighted by Gasteiger charge is -1.99. The van der Waals surface area contributed by atoms with Gasteiger partial charge in [-0.25, -0.2) is 0 Å². The molecule has 0 amide bonds. The molecule has 0 aromatic carbocycles. The second-order valence-electron chi connectivity index (χ2n) is 0.863. The van der Waals surface area contributed by atoms with E-state index in [1.807, 2.05) is 6.92 Å². The zero-order chi connectivity index (χ0) is 5.70. The Morgan fingerprint density at radius 2 is 2.57 bits per heavy atom. The van der Waals surface area contributed by atoms with Gasteiger partial charge in [0.2, 0.25) is 0 Å². The first kappa shape index (κ1) is 7.57. The summed E-state index contributed by atoms with van der Waals surface area (Å²) in [5, 5.41) is 0. The molecule has 0 heterocycles. The lowest BCUT2D eigenvalue weighted by Crippen LogP contribution is -2.26. The molecule has 0 fully saturated rings. The van der Waals surface area contributed by atoms with Crippen molar-refractivity contribution >= 4 is 27.1 Å². The third-order valence-electron chi connectivity index (χ3n) is 0.388. The summed E-state index contributed by atoms with van der Waals surface area (Å²) >= 11 is 0. The SMILES string of the molecule is CCO[Si](O)[Si][Si]. The van der Waals surface area contributed by atoms with Gasteiger partial charge in [0.25, 0.3) is 0 Å². The molecule has 0 aromatic heterocycles. The van der Waals surface area contributed by atoms with Gasteiger partial charge in [-0.1, -0.05) is 0 Å². The predicted octanol–water partition coefficient (Wildman–Crippen LogP) is -1.21. The maximum atomic E-state index is 8.70. The van der Waals surface area contributed by atoms with Gasteiger partial charge in [0.1, 0.15) is 0 Å². The highest BCUT2D eigenvalue weighted by Gasteiger charge is 2.02. The van der Waals surface area contributed by atoms with Crippen molar-refractivity contribution in [1.82, 2.24) is 0 Å². The van der Waals surface area contributed by atoms with E-state index in [9.17, 15) is 0 Å². The zero-order valence-electron chi connectivity index (χ0n) is 4.06. The van der Waals surface area contributed by atoms with Gasteiger partial charge in [0.05, 0.1) is 8.55 Å². The molecule has 0 aliphatic rings. The average Bonchev–Trinajstić information content (AvgIpc) is 1.68. The molecule has 0 saturated heterocycles. The molecule has 0 unspecified atom stereocenters. The summed E-state index contributed by atoms with van der Waals surface area (Å²) in [5.74, 6) is 0. The van der Waals surface area contributed by atoms with Crippen molar-refractivity contribution in [2.75, 3.05) is 6.61 Å². The smallest absolute Gasteiger partial charge is 0.345 e. The highest BCUT2D eigenvalue weighted by atomic mass is 29.5. The van der Waals surface area contributed by atoms with Crippen LogP contribution < -0.4 is 0 Å². The van der Waals surface area contributed by atoms with E-state index in [1.54, 1.807) is 0 Å². The molecule has 0 bridgehead atoms. The zero-order valence-corrected chi connectivity index (χ0v) is 7.06. The van der Waals surface area contributed by atoms with Crippen molar-refractivity contribution < 1.29 is 9.22 Å². The Hall–Kier alpha value is 0.571. The molecule has 0 saturated carbocycles. The Bertz CT molecular complexity index is 41.9. The van der Waals surface area contributed by atoms with Crippen molar-refractivity contribution in [2.45, 2.75) is 6.92 Å². The standard InChI is InChI=1S/C2H6O2Si3/c1-2-4-7(3)6-5/h3H,2H2,1H3. The van der Waals surface area contributed by atoms with Crippen LogP contribution in [-0.2, 0) is 4.43 Å². The minimum Gasteiger partial charge on any atom is -0.413 e. The summed E-state index contributed by atoms with van der Waals surface area (Å²) in [5.41, 5.74) is 0. The highest BCUT2D eigenvalue weighted by Crippen LogP contribution is 1.72. The topological polar surface area (TPSA) is 29.5 Å². The largest absolute Gasteiger partial charge is 0.413 e. The van der Waals surface area contributed by atoms with Crippen LogP contribution in [0, 0.1) is 0 Å². The van der Waals surface area contributed by atoms with Crippen molar-refractivity contribution in [1.29, 1.82) is 0 Å². The quantitative estimate of drug-likeness (QED) is 0.506. The van der Waals surface area contributed by atoms with Crippen LogP contribution in [0.4, 0.5) is 0 Å². The van der Waals surface area contributed by atoms with Gasteiger partial charge in [0, 0.05) is 16.4 Å². The fourth-order valence-electron chi connectivity index (χ4n) is 0.173. The average molecular weight is 146 g/mol. The molecule has 38 valence electrons. The minimum absolute atomic E-state index is 0.379. The van der Waals surface area contributed by atoms with Crippen molar-refractivity contribution in [2.24, 2.45) is 0 Å². The number of rotatable bonds is 3. The predicted molar refractivity (Wildman–Crippen MR) is 31.1 cm³/mol. The van der Waals surface area contributed by atoms with Crippen molar-refractivity contribution in [3.8, 4) is 0 Å².